The molecule has 0 amide bonds. The molecule has 0 aliphatic carbocycles. The summed E-state index contributed by atoms with van der Waals surface area (Å²) in [6.07, 6.45) is 1.95. The van der Waals surface area contributed by atoms with Gasteiger partial charge in [0, 0.05) is 20.6 Å². The van der Waals surface area contributed by atoms with Gasteiger partial charge >= 0.3 is 11.9 Å². The van der Waals surface area contributed by atoms with Gasteiger partial charge in [-0.25, -0.2) is 0 Å². The van der Waals surface area contributed by atoms with E-state index in [0.717, 1.165) is 6.42 Å². The zero-order valence-electron chi connectivity index (χ0n) is 17.0. The van der Waals surface area contributed by atoms with Crippen molar-refractivity contribution in [2.75, 3.05) is 27.4 Å². The van der Waals surface area contributed by atoms with Gasteiger partial charge in [-0.3, -0.25) is 9.59 Å². The highest BCUT2D eigenvalue weighted by Crippen LogP contribution is 2.15. The molecular formula is C20H34O6. The van der Waals surface area contributed by atoms with E-state index in [4.69, 9.17) is 18.9 Å². The fraction of sp³-hybridized carbons (Fsp3) is 0.800. The molecule has 0 spiro atoms. The summed E-state index contributed by atoms with van der Waals surface area (Å²) in [5, 5.41) is 0. The fourth-order valence-corrected chi connectivity index (χ4v) is 1.96. The van der Waals surface area contributed by atoms with Gasteiger partial charge in [0.05, 0.1) is 13.2 Å². The summed E-state index contributed by atoms with van der Waals surface area (Å²) in [6.45, 7) is 8.40. The first-order chi connectivity index (χ1) is 12.3. The third-order valence-electron chi connectivity index (χ3n) is 3.38. The van der Waals surface area contributed by atoms with E-state index in [0.29, 0.717) is 32.5 Å². The van der Waals surface area contributed by atoms with Gasteiger partial charge in [-0.05, 0) is 30.6 Å². The molecule has 6 heteroatoms. The van der Waals surface area contributed by atoms with Crippen molar-refractivity contribution >= 4 is 11.9 Å². The summed E-state index contributed by atoms with van der Waals surface area (Å²) in [4.78, 5) is 24.5. The SMILES string of the molecule is COC(C#CCCCCC(C(=O)OCC(C)C)C(=O)OCC(C)C)OC. The first-order valence-electron chi connectivity index (χ1n) is 9.19. The molecule has 0 aliphatic heterocycles. The summed E-state index contributed by atoms with van der Waals surface area (Å²) in [5.41, 5.74) is 0. The number of hydrogen-bond acceptors (Lipinski definition) is 6. The minimum absolute atomic E-state index is 0.219. The molecular weight excluding hydrogens is 336 g/mol. The second-order valence-electron chi connectivity index (χ2n) is 6.97. The molecule has 0 unspecified atom stereocenters. The maximum Gasteiger partial charge on any atom is 0.320 e. The average Bonchev–Trinajstić information content (AvgIpc) is 2.60. The van der Waals surface area contributed by atoms with Gasteiger partial charge in [-0.1, -0.05) is 40.0 Å². The van der Waals surface area contributed by atoms with Crippen LogP contribution >= 0.6 is 0 Å². The molecule has 0 atom stereocenters. The van der Waals surface area contributed by atoms with Gasteiger partial charge in [0.2, 0.25) is 6.29 Å². The van der Waals surface area contributed by atoms with E-state index < -0.39 is 24.1 Å². The van der Waals surface area contributed by atoms with Gasteiger partial charge in [0.25, 0.3) is 0 Å². The Morgan fingerprint density at radius 2 is 1.35 bits per heavy atom. The molecule has 0 saturated carbocycles. The zero-order valence-corrected chi connectivity index (χ0v) is 17.0. The standard InChI is InChI=1S/C20H34O6/c1-15(2)13-25-19(21)17(20(22)26-14-16(3)4)11-9-7-8-10-12-18(23-5)24-6/h15-18H,7-9,11,13-14H2,1-6H3. The van der Waals surface area contributed by atoms with E-state index >= 15 is 0 Å². The van der Waals surface area contributed by atoms with Crippen molar-refractivity contribution in [1.82, 2.24) is 0 Å². The van der Waals surface area contributed by atoms with E-state index in [1.807, 2.05) is 27.7 Å². The summed E-state index contributed by atoms with van der Waals surface area (Å²) in [7, 11) is 3.05. The van der Waals surface area contributed by atoms with Crippen molar-refractivity contribution in [2.24, 2.45) is 17.8 Å². The quantitative estimate of drug-likeness (QED) is 0.173. The molecule has 0 fully saturated rings. The Morgan fingerprint density at radius 3 is 1.77 bits per heavy atom. The third kappa shape index (κ3) is 11.9. The van der Waals surface area contributed by atoms with Crippen LogP contribution in [0.25, 0.3) is 0 Å². The molecule has 0 N–H and O–H groups in total. The molecule has 0 aliphatic rings. The second-order valence-corrected chi connectivity index (χ2v) is 6.97. The molecule has 6 nitrogen and oxygen atoms in total. The van der Waals surface area contributed by atoms with Gasteiger partial charge in [-0.2, -0.15) is 0 Å². The topological polar surface area (TPSA) is 71.1 Å². The molecule has 0 bridgehead atoms. The molecule has 0 aromatic heterocycles. The van der Waals surface area contributed by atoms with Crippen molar-refractivity contribution in [2.45, 2.75) is 59.7 Å². The first kappa shape index (κ1) is 24.4. The maximum atomic E-state index is 12.2. The minimum Gasteiger partial charge on any atom is -0.465 e. The number of hydrogen-bond donors (Lipinski definition) is 0. The Bertz CT molecular complexity index is 433. The van der Waals surface area contributed by atoms with Crippen molar-refractivity contribution in [3.8, 4) is 11.8 Å². The van der Waals surface area contributed by atoms with Crippen LogP contribution in [0.15, 0.2) is 0 Å². The van der Waals surface area contributed by atoms with Gasteiger partial charge in [0.15, 0.2) is 5.92 Å². The van der Waals surface area contributed by atoms with Crippen LogP contribution in [0.5, 0.6) is 0 Å². The van der Waals surface area contributed by atoms with Crippen LogP contribution in [0.4, 0.5) is 0 Å². The van der Waals surface area contributed by atoms with Crippen LogP contribution in [-0.2, 0) is 28.5 Å². The fourth-order valence-electron chi connectivity index (χ4n) is 1.96. The lowest BCUT2D eigenvalue weighted by Gasteiger charge is -2.17. The van der Waals surface area contributed by atoms with Crippen molar-refractivity contribution in [1.29, 1.82) is 0 Å². The number of carbonyl (C=O) groups excluding carboxylic acids is 2. The molecule has 0 aromatic rings. The second kappa shape index (κ2) is 14.6. The van der Waals surface area contributed by atoms with Crippen LogP contribution in [-0.4, -0.2) is 45.7 Å². The number of unbranched alkanes of at least 4 members (excludes halogenated alkanes) is 2. The molecule has 150 valence electrons. The Balaban J connectivity index is 4.51. The van der Waals surface area contributed by atoms with E-state index in [9.17, 15) is 9.59 Å². The Hall–Kier alpha value is -1.58. The lowest BCUT2D eigenvalue weighted by molar-refractivity contribution is -0.163. The number of carbonyl (C=O) groups is 2. The predicted octanol–water partition coefficient (Wildman–Crippen LogP) is 3.18. The first-order valence-corrected chi connectivity index (χ1v) is 9.19. The largest absolute Gasteiger partial charge is 0.465 e. The Morgan fingerprint density at radius 1 is 0.846 bits per heavy atom. The summed E-state index contributed by atoms with van der Waals surface area (Å²) in [5.74, 6) is 4.37. The van der Waals surface area contributed by atoms with Crippen molar-refractivity contribution < 1.29 is 28.5 Å². The van der Waals surface area contributed by atoms with Gasteiger partial charge in [-0.15, -0.1) is 0 Å². The molecule has 26 heavy (non-hydrogen) atoms. The number of esters is 2. The van der Waals surface area contributed by atoms with E-state index in [-0.39, 0.29) is 11.8 Å². The highest BCUT2D eigenvalue weighted by molar-refractivity contribution is 5.94. The summed E-state index contributed by atoms with van der Waals surface area (Å²) in [6, 6.07) is 0. The maximum absolute atomic E-state index is 12.2. The average molecular weight is 370 g/mol. The van der Waals surface area contributed by atoms with Crippen molar-refractivity contribution in [3.63, 3.8) is 0 Å². The monoisotopic (exact) mass is 370 g/mol. The number of rotatable bonds is 12. The van der Waals surface area contributed by atoms with E-state index in [1.54, 1.807) is 0 Å². The number of ether oxygens (including phenoxy) is 4. The normalized spacial score (nSPS) is 11.0. The van der Waals surface area contributed by atoms with Gasteiger partial charge < -0.3 is 18.9 Å². The zero-order chi connectivity index (χ0) is 19.9. The molecule has 0 saturated heterocycles. The van der Waals surface area contributed by atoms with Crippen LogP contribution < -0.4 is 0 Å². The molecule has 0 heterocycles. The van der Waals surface area contributed by atoms with Crippen molar-refractivity contribution in [3.05, 3.63) is 0 Å². The Labute approximate surface area is 157 Å². The smallest absolute Gasteiger partial charge is 0.320 e. The van der Waals surface area contributed by atoms with Crippen LogP contribution in [0, 0.1) is 29.6 Å². The highest BCUT2D eigenvalue weighted by Gasteiger charge is 2.29. The van der Waals surface area contributed by atoms with E-state index in [1.165, 1.54) is 14.2 Å². The lowest BCUT2D eigenvalue weighted by Crippen LogP contribution is -2.29. The summed E-state index contributed by atoms with van der Waals surface area (Å²) < 4.78 is 20.4. The number of methoxy groups -OCH3 is 2. The third-order valence-corrected chi connectivity index (χ3v) is 3.38. The predicted molar refractivity (Wildman–Crippen MR) is 99.1 cm³/mol. The molecule has 0 radical (unpaired) electrons. The minimum atomic E-state index is -0.869. The van der Waals surface area contributed by atoms with Crippen LogP contribution in [0.3, 0.4) is 0 Å². The molecule has 0 rings (SSSR count). The highest BCUT2D eigenvalue weighted by atomic mass is 16.7. The van der Waals surface area contributed by atoms with Crippen LogP contribution in [0.2, 0.25) is 0 Å². The van der Waals surface area contributed by atoms with Crippen LogP contribution in [0.1, 0.15) is 53.4 Å². The lowest BCUT2D eigenvalue weighted by atomic mass is 10.0. The van der Waals surface area contributed by atoms with Gasteiger partial charge in [0.1, 0.15) is 0 Å². The summed E-state index contributed by atoms with van der Waals surface area (Å²) >= 11 is 0. The van der Waals surface area contributed by atoms with E-state index in [2.05, 4.69) is 11.8 Å². The molecule has 0 aromatic carbocycles. The Kier molecular flexibility index (Phi) is 13.7.